The highest BCUT2D eigenvalue weighted by atomic mass is 16.7. The number of amides is 1. The summed E-state index contributed by atoms with van der Waals surface area (Å²) < 4.78 is 33.0. The number of rotatable bonds is 12. The number of carbonyl (C=O) groups excluding carboxylic acids is 5. The van der Waals surface area contributed by atoms with Crippen LogP contribution in [0.5, 0.6) is 0 Å². The normalized spacial score (nSPS) is 35.8. The molecule has 3 aliphatic heterocycles. The minimum atomic E-state index is -2.04. The first kappa shape index (κ1) is 47.0. The number of methoxy groups -OCH3 is 1. The molecule has 3 saturated heterocycles. The standard InChI is InChI=1S/C44H65N5O11/c1-12-34-44(30(7)50)38(49(42(55)60-44)19-14-13-18-48-23-32(46-24-48)31-16-15-17-45-22-31)27(4)35(51)25(2)21-43(8,56-11)39(28(5)36(52)29(6)40(54)58-34)59-41-37(53)33(47(9)10)20-26(3)57-41/h15-17,22-29,33-34,37-39,41,53H,12-14,18-21H2,1-11H3/t25-,26-,27+,28+,29-,33+,34-,37-,38-,39-,41?,43+,44-/m1/s1. The summed E-state index contributed by atoms with van der Waals surface area (Å²) in [5.74, 6) is -6.45. The van der Waals surface area contributed by atoms with Gasteiger partial charge in [0.05, 0.1) is 35.9 Å². The fourth-order valence-corrected chi connectivity index (χ4v) is 9.56. The molecule has 0 saturated carbocycles. The number of aliphatic hydroxyl groups excluding tert-OH is 1. The van der Waals surface area contributed by atoms with Crippen LogP contribution in [0.4, 0.5) is 4.79 Å². The molecule has 1 unspecified atom stereocenters. The zero-order valence-electron chi connectivity index (χ0n) is 37.0. The number of cyclic esters (lactones) is 1. The van der Waals surface area contributed by atoms with E-state index in [-0.39, 0.29) is 37.3 Å². The third-order valence-corrected chi connectivity index (χ3v) is 13.0. The van der Waals surface area contributed by atoms with E-state index in [0.29, 0.717) is 25.8 Å². The highest BCUT2D eigenvalue weighted by Gasteiger charge is 2.65. The second-order valence-electron chi connectivity index (χ2n) is 17.5. The number of pyridine rings is 1. The van der Waals surface area contributed by atoms with Crippen molar-refractivity contribution < 1.29 is 52.8 Å². The molecule has 0 bridgehead atoms. The van der Waals surface area contributed by atoms with Crippen LogP contribution in [0.25, 0.3) is 11.3 Å². The number of fused-ring (bicyclic) bond motifs is 1. The van der Waals surface area contributed by atoms with E-state index in [4.69, 9.17) is 23.7 Å². The molecule has 0 aromatic carbocycles. The van der Waals surface area contributed by atoms with Gasteiger partial charge in [0.1, 0.15) is 17.8 Å². The monoisotopic (exact) mass is 839 g/mol. The second-order valence-corrected chi connectivity index (χ2v) is 17.5. The van der Waals surface area contributed by atoms with Crippen molar-refractivity contribution in [2.45, 2.75) is 148 Å². The Morgan fingerprint density at radius 1 is 1.05 bits per heavy atom. The molecule has 0 radical (unpaired) electrons. The SMILES string of the molecule is CC[C@H]1OC(=O)[C@H](C)C(=O)[C@H](C)[C@@H](OC2O[C@H](C)C[C@H](N(C)C)[C@H]2O)[C@@](C)(OC)C[C@@H](C)C(=O)[C@H](C)[C@H]2N(CCCCn3cnc(-c4cccnc4)c3)C(=O)O[C@]12C(C)=O. The molecule has 3 aliphatic rings. The van der Waals surface area contributed by atoms with Gasteiger partial charge in [0.15, 0.2) is 24.0 Å². The van der Waals surface area contributed by atoms with Gasteiger partial charge >= 0.3 is 12.1 Å². The number of hydrogen-bond acceptors (Lipinski definition) is 14. The van der Waals surface area contributed by atoms with Crippen LogP contribution in [0.2, 0.25) is 0 Å². The largest absolute Gasteiger partial charge is 0.457 e. The molecule has 2 aromatic rings. The lowest BCUT2D eigenvalue weighted by Gasteiger charge is -2.47. The molecule has 0 spiro atoms. The number of Topliss-reactive ketones (excluding diaryl/α,β-unsaturated/α-hetero) is 3. The van der Waals surface area contributed by atoms with E-state index in [1.807, 2.05) is 48.8 Å². The average Bonchev–Trinajstić information content (AvgIpc) is 3.82. The van der Waals surface area contributed by atoms with Gasteiger partial charge in [-0.1, -0.05) is 27.7 Å². The average molecular weight is 840 g/mol. The van der Waals surface area contributed by atoms with Crippen molar-refractivity contribution in [3.05, 3.63) is 37.1 Å². The van der Waals surface area contributed by atoms with E-state index in [1.165, 1.54) is 25.9 Å². The van der Waals surface area contributed by atoms with E-state index in [1.54, 1.807) is 53.3 Å². The molecule has 0 aliphatic carbocycles. The fraction of sp³-hybridized carbons (Fsp3) is 0.705. The third-order valence-electron chi connectivity index (χ3n) is 13.0. The van der Waals surface area contributed by atoms with Gasteiger partial charge in [0, 0.05) is 68.1 Å². The topological polar surface area (TPSA) is 189 Å². The Labute approximate surface area is 353 Å². The number of carbonyl (C=O) groups is 5. The highest BCUT2D eigenvalue weighted by Crippen LogP contribution is 2.44. The van der Waals surface area contributed by atoms with Gasteiger partial charge in [-0.25, -0.2) is 9.78 Å². The van der Waals surface area contributed by atoms with Crippen molar-refractivity contribution >= 4 is 29.4 Å². The van der Waals surface area contributed by atoms with Gasteiger partial charge < -0.3 is 38.3 Å². The maximum Gasteiger partial charge on any atom is 0.411 e. The molecule has 2 aromatic heterocycles. The van der Waals surface area contributed by atoms with Gasteiger partial charge in [-0.15, -0.1) is 0 Å². The summed E-state index contributed by atoms with van der Waals surface area (Å²) >= 11 is 0. The molecule has 3 fully saturated rings. The minimum absolute atomic E-state index is 0.0427. The van der Waals surface area contributed by atoms with E-state index in [2.05, 4.69) is 9.97 Å². The van der Waals surface area contributed by atoms with E-state index >= 15 is 0 Å². The van der Waals surface area contributed by atoms with E-state index in [9.17, 15) is 29.1 Å². The molecule has 332 valence electrons. The fourth-order valence-electron chi connectivity index (χ4n) is 9.56. The molecule has 1 amide bonds. The first-order valence-electron chi connectivity index (χ1n) is 21.2. The summed E-state index contributed by atoms with van der Waals surface area (Å²) in [6, 6.07) is 2.31. The maximum absolute atomic E-state index is 14.8. The summed E-state index contributed by atoms with van der Waals surface area (Å²) in [7, 11) is 5.17. The van der Waals surface area contributed by atoms with Gasteiger partial charge in [-0.3, -0.25) is 29.1 Å². The zero-order chi connectivity index (χ0) is 44.3. The zero-order valence-corrected chi connectivity index (χ0v) is 37.0. The lowest BCUT2D eigenvalue weighted by atomic mass is 9.71. The second kappa shape index (κ2) is 19.3. The molecule has 60 heavy (non-hydrogen) atoms. The van der Waals surface area contributed by atoms with Crippen molar-refractivity contribution in [1.82, 2.24) is 24.3 Å². The van der Waals surface area contributed by atoms with Gasteiger partial charge in [-0.05, 0) is 86.0 Å². The third kappa shape index (κ3) is 9.37. The molecular weight excluding hydrogens is 775 g/mol. The first-order valence-corrected chi connectivity index (χ1v) is 21.2. The maximum atomic E-state index is 14.8. The number of aromatic nitrogens is 3. The summed E-state index contributed by atoms with van der Waals surface area (Å²) in [5, 5.41) is 11.5. The number of imidazole rings is 1. The molecule has 5 heterocycles. The number of unbranched alkanes of at least 4 members (excludes halogenated alkanes) is 1. The van der Waals surface area contributed by atoms with Crippen LogP contribution in [0.3, 0.4) is 0 Å². The predicted molar refractivity (Wildman–Crippen MR) is 219 cm³/mol. The Morgan fingerprint density at radius 2 is 1.75 bits per heavy atom. The number of ketones is 3. The Bertz CT molecular complexity index is 1840. The number of nitrogens with zero attached hydrogens (tertiary/aromatic N) is 5. The van der Waals surface area contributed by atoms with Gasteiger partial charge in [0.2, 0.25) is 5.60 Å². The van der Waals surface area contributed by atoms with E-state index < -0.39 is 89.1 Å². The van der Waals surface area contributed by atoms with Crippen molar-refractivity contribution in [1.29, 1.82) is 0 Å². The molecule has 5 rings (SSSR count). The van der Waals surface area contributed by atoms with Crippen molar-refractivity contribution in [3.8, 4) is 11.3 Å². The Kier molecular flexibility index (Phi) is 15.1. The van der Waals surface area contributed by atoms with Crippen LogP contribution in [0.15, 0.2) is 37.1 Å². The van der Waals surface area contributed by atoms with Crippen LogP contribution in [-0.2, 0) is 49.4 Å². The van der Waals surface area contributed by atoms with Crippen molar-refractivity contribution in [2.75, 3.05) is 27.7 Å². The number of hydrogen-bond donors (Lipinski definition) is 1. The summed E-state index contributed by atoms with van der Waals surface area (Å²) in [5.41, 5.74) is -1.72. The molecule has 1 N–H and O–H groups in total. The number of aryl methyl sites for hydroxylation is 1. The minimum Gasteiger partial charge on any atom is -0.457 e. The van der Waals surface area contributed by atoms with E-state index in [0.717, 1.165) is 11.3 Å². The number of likely N-dealkylation sites (N-methyl/N-ethyl adjacent to an activating group) is 1. The Balaban J connectivity index is 1.48. The Hall–Kier alpha value is -4.09. The van der Waals surface area contributed by atoms with Crippen LogP contribution in [0, 0.1) is 23.7 Å². The smallest absolute Gasteiger partial charge is 0.411 e. The highest BCUT2D eigenvalue weighted by molar-refractivity contribution is 6.00. The number of aliphatic hydroxyl groups is 1. The Morgan fingerprint density at radius 3 is 2.37 bits per heavy atom. The summed E-state index contributed by atoms with van der Waals surface area (Å²) in [4.78, 5) is 83.3. The molecule has 13 atom stereocenters. The van der Waals surface area contributed by atoms with Crippen molar-refractivity contribution in [2.24, 2.45) is 23.7 Å². The summed E-state index contributed by atoms with van der Waals surface area (Å²) in [6.07, 6.45) is 3.07. The molecule has 16 heteroatoms. The first-order chi connectivity index (χ1) is 28.3. The lowest BCUT2D eigenvalue weighted by molar-refractivity contribution is -0.295. The van der Waals surface area contributed by atoms with Crippen LogP contribution >= 0.6 is 0 Å². The molecule has 16 nitrogen and oxygen atoms in total. The van der Waals surface area contributed by atoms with Crippen molar-refractivity contribution in [3.63, 3.8) is 0 Å². The predicted octanol–water partition coefficient (Wildman–Crippen LogP) is 4.50. The number of esters is 1. The number of ether oxygens (including phenoxy) is 5. The lowest BCUT2D eigenvalue weighted by Crippen LogP contribution is -2.63. The quantitative estimate of drug-likeness (QED) is 0.179. The molecular formula is C44H65N5O11. The van der Waals surface area contributed by atoms with Crippen LogP contribution in [-0.4, -0.2) is 141 Å². The van der Waals surface area contributed by atoms with Gasteiger partial charge in [-0.2, -0.15) is 0 Å². The van der Waals surface area contributed by atoms with Gasteiger partial charge in [0.25, 0.3) is 0 Å². The summed E-state index contributed by atoms with van der Waals surface area (Å²) in [6.45, 7) is 13.8. The van der Waals surface area contributed by atoms with Crippen LogP contribution < -0.4 is 0 Å². The van der Waals surface area contributed by atoms with Crippen LogP contribution in [0.1, 0.15) is 87.5 Å².